The molecule has 0 aliphatic heterocycles. The van der Waals surface area contributed by atoms with Gasteiger partial charge in [0.2, 0.25) is 0 Å². The van der Waals surface area contributed by atoms with Crippen LogP contribution in [0, 0.1) is 0 Å². The summed E-state index contributed by atoms with van der Waals surface area (Å²) in [6.07, 6.45) is -17.0. The summed E-state index contributed by atoms with van der Waals surface area (Å²) in [4.78, 5) is 0. The number of hydrogen-bond donors (Lipinski definition) is 0. The van der Waals surface area contributed by atoms with Crippen molar-refractivity contribution in [3.63, 3.8) is 0 Å². The number of halogens is 9. The highest BCUT2D eigenvalue weighted by Gasteiger charge is 2.69. The molecule has 1 unspecified atom stereocenters. The Kier molecular flexibility index (Phi) is 5.20. The topological polar surface area (TPSA) is 0 Å². The van der Waals surface area contributed by atoms with Crippen LogP contribution >= 0.6 is 0 Å². The third-order valence-electron chi connectivity index (χ3n) is 3.10. The lowest BCUT2D eigenvalue weighted by Crippen LogP contribution is -2.55. The van der Waals surface area contributed by atoms with Crippen molar-refractivity contribution in [1.82, 2.24) is 0 Å². The van der Waals surface area contributed by atoms with E-state index in [-0.39, 0.29) is 11.4 Å². The molecule has 0 saturated carbocycles. The summed E-state index contributed by atoms with van der Waals surface area (Å²) in [5.41, 5.74) is -6.64. The van der Waals surface area contributed by atoms with Gasteiger partial charge < -0.3 is 0 Å². The maximum absolute atomic E-state index is 12.7. The van der Waals surface area contributed by atoms with Gasteiger partial charge in [0.05, 0.1) is 5.54 Å². The van der Waals surface area contributed by atoms with Gasteiger partial charge in [0, 0.05) is 0 Å². The zero-order valence-corrected chi connectivity index (χ0v) is 11.1. The lowest BCUT2D eigenvalue weighted by molar-refractivity contribution is -0.234. The molecule has 0 saturated heterocycles. The molecule has 0 radical (unpaired) electrons. The van der Waals surface area contributed by atoms with Gasteiger partial charge in [-0.15, -0.1) is 13.2 Å². The fraction of sp³-hybridized carbons (Fsp3) is 0.600. The van der Waals surface area contributed by atoms with Crippen LogP contribution in [0.5, 0.6) is 0 Å². The third kappa shape index (κ3) is 3.58. The largest absolute Gasteiger partial charge is 0.398 e. The van der Waals surface area contributed by atoms with Crippen LogP contribution in [0.25, 0.3) is 0 Å². The van der Waals surface area contributed by atoms with Crippen LogP contribution in [0.4, 0.5) is 39.5 Å². The van der Waals surface area contributed by atoms with E-state index in [1.807, 2.05) is 0 Å². The van der Waals surface area contributed by atoms with Crippen molar-refractivity contribution in [3.8, 4) is 0 Å². The number of alkyl halides is 9. The molecule has 0 nitrogen and oxygen atoms in total. The van der Waals surface area contributed by atoms with Gasteiger partial charge in [-0.2, -0.15) is 39.5 Å². The van der Waals surface area contributed by atoms with Gasteiger partial charge in [0.1, 0.15) is 13.6 Å². The van der Waals surface area contributed by atoms with Crippen molar-refractivity contribution in [2.24, 2.45) is 0 Å². The Balaban J connectivity index is 6.25. The second-order valence-corrected chi connectivity index (χ2v) is 8.45. The highest BCUT2D eigenvalue weighted by atomic mass is 28.3. The SMILES string of the molecule is C=C[Si](C=C)(C(C)C(F)(F)F)C(C(F)(F)F)C(F)(F)F. The van der Waals surface area contributed by atoms with E-state index in [1.54, 1.807) is 0 Å². The molecule has 0 aromatic rings. The van der Waals surface area contributed by atoms with E-state index in [0.29, 0.717) is 6.92 Å². The molecular weight excluding hydrogens is 319 g/mol. The van der Waals surface area contributed by atoms with E-state index in [1.165, 1.54) is 0 Å². The van der Waals surface area contributed by atoms with Gasteiger partial charge in [-0.3, -0.25) is 0 Å². The summed E-state index contributed by atoms with van der Waals surface area (Å²) in [5.74, 6) is 0. The second-order valence-electron chi connectivity index (χ2n) is 4.19. The van der Waals surface area contributed by atoms with Crippen molar-refractivity contribution in [3.05, 3.63) is 24.6 Å². The minimum atomic E-state index is -5.87. The third-order valence-corrected chi connectivity index (χ3v) is 8.00. The molecule has 20 heavy (non-hydrogen) atoms. The summed E-state index contributed by atoms with van der Waals surface area (Å²) < 4.78 is 114. The first kappa shape index (κ1) is 19.1. The van der Waals surface area contributed by atoms with E-state index in [0.717, 1.165) is 0 Å². The minimum Gasteiger partial charge on any atom is -0.171 e. The van der Waals surface area contributed by atoms with Crippen LogP contribution in [0.2, 0.25) is 11.1 Å². The molecule has 0 rings (SSSR count). The van der Waals surface area contributed by atoms with Gasteiger partial charge in [-0.05, 0) is 0 Å². The average molecular weight is 330 g/mol. The predicted molar refractivity (Wildman–Crippen MR) is 57.5 cm³/mol. The van der Waals surface area contributed by atoms with Crippen LogP contribution < -0.4 is 0 Å². The molecule has 0 aromatic carbocycles. The Labute approximate surface area is 110 Å². The molecule has 0 heterocycles. The van der Waals surface area contributed by atoms with Crippen LogP contribution in [-0.2, 0) is 0 Å². The summed E-state index contributed by atoms with van der Waals surface area (Å²) in [6, 6.07) is 0. The molecule has 0 fully saturated rings. The van der Waals surface area contributed by atoms with Gasteiger partial charge in [0.15, 0.2) is 0 Å². The monoisotopic (exact) mass is 330 g/mol. The van der Waals surface area contributed by atoms with Crippen LogP contribution in [0.1, 0.15) is 6.92 Å². The van der Waals surface area contributed by atoms with Crippen LogP contribution in [0.15, 0.2) is 24.6 Å². The quantitative estimate of drug-likeness (QED) is 0.483. The van der Waals surface area contributed by atoms with Crippen molar-refractivity contribution >= 4 is 8.07 Å². The van der Waals surface area contributed by atoms with Crippen molar-refractivity contribution in [1.29, 1.82) is 0 Å². The standard InChI is InChI=1S/C10H11F9Si/c1-4-20(5-2,6(3)8(11,12)13)7(9(14,15)16)10(17,18)19/h4-7H,1-2H2,3H3. The van der Waals surface area contributed by atoms with Gasteiger partial charge in [0.25, 0.3) is 0 Å². The lowest BCUT2D eigenvalue weighted by Gasteiger charge is -2.40. The first-order valence-electron chi connectivity index (χ1n) is 5.12. The zero-order valence-electron chi connectivity index (χ0n) is 10.1. The van der Waals surface area contributed by atoms with Crippen LogP contribution in [-0.4, -0.2) is 26.6 Å². The normalized spacial score (nSPS) is 16.1. The van der Waals surface area contributed by atoms with E-state index >= 15 is 0 Å². The highest BCUT2D eigenvalue weighted by Crippen LogP contribution is 2.56. The molecule has 0 spiro atoms. The Morgan fingerprint density at radius 3 is 1.20 bits per heavy atom. The first-order valence-corrected chi connectivity index (χ1v) is 7.42. The molecule has 1 atom stereocenters. The molecule has 118 valence electrons. The second kappa shape index (κ2) is 5.45. The lowest BCUT2D eigenvalue weighted by atomic mass is 10.4. The summed E-state index contributed by atoms with van der Waals surface area (Å²) in [7, 11) is -5.23. The van der Waals surface area contributed by atoms with Crippen molar-refractivity contribution in [2.45, 2.75) is 36.5 Å². The number of hydrogen-bond acceptors (Lipinski definition) is 0. The molecular formula is C10H11F9Si. The van der Waals surface area contributed by atoms with Crippen molar-refractivity contribution < 1.29 is 39.5 Å². The highest BCUT2D eigenvalue weighted by molar-refractivity contribution is 6.91. The summed E-state index contributed by atoms with van der Waals surface area (Å²) in [5, 5.41) is 0. The molecule has 0 N–H and O–H groups in total. The maximum atomic E-state index is 12.7. The summed E-state index contributed by atoms with van der Waals surface area (Å²) in [6.45, 7) is 5.85. The smallest absolute Gasteiger partial charge is 0.171 e. The molecule has 0 aliphatic carbocycles. The van der Waals surface area contributed by atoms with E-state index in [9.17, 15) is 39.5 Å². The Morgan fingerprint density at radius 2 is 1.05 bits per heavy atom. The van der Waals surface area contributed by atoms with Crippen molar-refractivity contribution in [2.75, 3.05) is 0 Å². The molecule has 0 aromatic heterocycles. The van der Waals surface area contributed by atoms with E-state index in [2.05, 4.69) is 13.2 Å². The fourth-order valence-corrected chi connectivity index (χ4v) is 5.50. The van der Waals surface area contributed by atoms with E-state index in [4.69, 9.17) is 0 Å². The molecule has 0 bridgehead atoms. The Hall–Kier alpha value is -0.933. The van der Waals surface area contributed by atoms with Crippen LogP contribution in [0.3, 0.4) is 0 Å². The van der Waals surface area contributed by atoms with E-state index < -0.39 is 37.7 Å². The van der Waals surface area contributed by atoms with Gasteiger partial charge >= 0.3 is 18.5 Å². The Bertz CT molecular complexity index is 340. The zero-order chi connectivity index (χ0) is 16.6. The predicted octanol–water partition coefficient (Wildman–Crippen LogP) is 5.33. The molecule has 0 amide bonds. The summed E-state index contributed by atoms with van der Waals surface area (Å²) >= 11 is 0. The minimum absolute atomic E-state index is 0.143. The van der Waals surface area contributed by atoms with Gasteiger partial charge in [-0.1, -0.05) is 18.3 Å². The number of rotatable bonds is 4. The first-order chi connectivity index (χ1) is 8.64. The molecule has 0 aliphatic rings. The van der Waals surface area contributed by atoms with Gasteiger partial charge in [-0.25, -0.2) is 0 Å². The molecule has 10 heteroatoms. The Morgan fingerprint density at radius 1 is 0.750 bits per heavy atom. The average Bonchev–Trinajstić information content (AvgIpc) is 2.19. The maximum Gasteiger partial charge on any atom is 0.398 e. The fourth-order valence-electron chi connectivity index (χ4n) is 1.96.